The van der Waals surface area contributed by atoms with Gasteiger partial charge in [-0.05, 0) is 54.9 Å². The summed E-state index contributed by atoms with van der Waals surface area (Å²) in [5, 5.41) is 5.44. The van der Waals surface area contributed by atoms with E-state index < -0.39 is 21.9 Å². The van der Waals surface area contributed by atoms with Crippen LogP contribution in [0.25, 0.3) is 0 Å². The first kappa shape index (κ1) is 26.8. The summed E-state index contributed by atoms with van der Waals surface area (Å²) in [5.41, 5.74) is 1.62. The Morgan fingerprint density at radius 3 is 2.23 bits per heavy atom. The normalized spacial score (nSPS) is 14.5. The number of amides is 1. The van der Waals surface area contributed by atoms with Crippen LogP contribution in [-0.4, -0.2) is 49.4 Å². The predicted molar refractivity (Wildman–Crippen MR) is 138 cm³/mol. The topological polar surface area (TPSA) is 105 Å². The third kappa shape index (κ3) is 8.72. The molecular formula is C25H31N3O5S2. The molecule has 1 aliphatic heterocycles. The summed E-state index contributed by atoms with van der Waals surface area (Å²) < 4.78 is 32.4. The van der Waals surface area contributed by atoms with Gasteiger partial charge in [0, 0.05) is 31.6 Å². The molecule has 8 nitrogen and oxygen atoms in total. The minimum absolute atomic E-state index is 0.0493. The molecule has 0 spiro atoms. The van der Waals surface area contributed by atoms with Crippen LogP contribution in [0.2, 0.25) is 0 Å². The molecule has 1 fully saturated rings. The summed E-state index contributed by atoms with van der Waals surface area (Å²) >= 11 is 5.15. The fraction of sp³-hybridized carbons (Fsp3) is 0.400. The molecule has 1 amide bonds. The van der Waals surface area contributed by atoms with E-state index in [9.17, 15) is 18.0 Å². The van der Waals surface area contributed by atoms with Gasteiger partial charge in [-0.2, -0.15) is 4.31 Å². The van der Waals surface area contributed by atoms with E-state index in [1.54, 1.807) is 16.4 Å². The van der Waals surface area contributed by atoms with Gasteiger partial charge in [0.05, 0.1) is 17.9 Å². The molecule has 0 unspecified atom stereocenters. The van der Waals surface area contributed by atoms with Crippen molar-refractivity contribution in [3.05, 3.63) is 60.2 Å². The lowest BCUT2D eigenvalue weighted by Crippen LogP contribution is -2.34. The van der Waals surface area contributed by atoms with Crippen molar-refractivity contribution in [2.75, 3.05) is 25.0 Å². The third-order valence-electron chi connectivity index (χ3n) is 5.62. The van der Waals surface area contributed by atoms with Gasteiger partial charge in [-0.1, -0.05) is 43.2 Å². The maximum Gasteiger partial charge on any atom is 0.306 e. The van der Waals surface area contributed by atoms with Crippen molar-refractivity contribution >= 4 is 44.9 Å². The molecule has 10 heteroatoms. The number of thiocarbonyl (C=S) groups is 1. The van der Waals surface area contributed by atoms with Gasteiger partial charge in [-0.15, -0.1) is 0 Å². The second kappa shape index (κ2) is 13.3. The zero-order chi connectivity index (χ0) is 25.1. The van der Waals surface area contributed by atoms with Crippen LogP contribution in [0.1, 0.15) is 44.1 Å². The number of benzene rings is 2. The number of carbonyl (C=O) groups excluding carboxylic acids is 2. The van der Waals surface area contributed by atoms with Gasteiger partial charge in [-0.3, -0.25) is 9.59 Å². The average Bonchev–Trinajstić information content (AvgIpc) is 3.14. The summed E-state index contributed by atoms with van der Waals surface area (Å²) in [7, 11) is -3.53. The van der Waals surface area contributed by atoms with Gasteiger partial charge in [0.1, 0.15) is 0 Å². The van der Waals surface area contributed by atoms with E-state index in [-0.39, 0.29) is 29.5 Å². The van der Waals surface area contributed by atoms with Gasteiger partial charge < -0.3 is 15.4 Å². The Hall–Kier alpha value is -2.82. The lowest BCUT2D eigenvalue weighted by Gasteiger charge is -2.20. The van der Waals surface area contributed by atoms with Crippen LogP contribution in [0, 0.1) is 0 Å². The summed E-state index contributed by atoms with van der Waals surface area (Å²) in [6.07, 6.45) is 4.35. The van der Waals surface area contributed by atoms with Crippen LogP contribution in [-0.2, 0) is 30.8 Å². The molecule has 2 N–H and O–H groups in total. The molecule has 3 rings (SSSR count). The molecule has 0 bridgehead atoms. The van der Waals surface area contributed by atoms with Gasteiger partial charge in [0.25, 0.3) is 0 Å². The van der Waals surface area contributed by atoms with Crippen molar-refractivity contribution in [3.63, 3.8) is 0 Å². The molecule has 1 aliphatic rings. The number of anilines is 1. The molecule has 1 saturated heterocycles. The highest BCUT2D eigenvalue weighted by Gasteiger charge is 2.25. The highest BCUT2D eigenvalue weighted by molar-refractivity contribution is 7.89. The summed E-state index contributed by atoms with van der Waals surface area (Å²) in [5.74, 6) is -0.862. The van der Waals surface area contributed by atoms with Crippen molar-refractivity contribution in [3.8, 4) is 0 Å². The molecule has 2 aromatic rings. The zero-order valence-electron chi connectivity index (χ0n) is 19.6. The highest BCUT2D eigenvalue weighted by Crippen LogP contribution is 2.21. The van der Waals surface area contributed by atoms with Gasteiger partial charge >= 0.3 is 5.97 Å². The van der Waals surface area contributed by atoms with Crippen LogP contribution in [0.15, 0.2) is 59.5 Å². The first-order valence-electron chi connectivity index (χ1n) is 11.8. The zero-order valence-corrected chi connectivity index (χ0v) is 21.2. The first-order chi connectivity index (χ1) is 16.8. The number of hydrogen-bond donors (Lipinski definition) is 2. The third-order valence-corrected chi connectivity index (χ3v) is 7.74. The number of ether oxygens (including phenoxy) is 1. The quantitative estimate of drug-likeness (QED) is 0.387. The Labute approximate surface area is 212 Å². The van der Waals surface area contributed by atoms with Crippen LogP contribution >= 0.6 is 12.2 Å². The molecule has 188 valence electrons. The van der Waals surface area contributed by atoms with E-state index in [0.717, 1.165) is 31.2 Å². The monoisotopic (exact) mass is 517 g/mol. The van der Waals surface area contributed by atoms with Crippen LogP contribution < -0.4 is 10.6 Å². The average molecular weight is 518 g/mol. The molecule has 0 saturated carbocycles. The summed E-state index contributed by atoms with van der Waals surface area (Å²) in [4.78, 5) is 24.2. The van der Waals surface area contributed by atoms with E-state index in [0.29, 0.717) is 25.2 Å². The SMILES string of the molecule is O=C(CCC(=O)OCCc1ccccc1)NC(=S)Nc1ccc(S(=O)(=O)N2CCCCCC2)cc1. The number of carbonyl (C=O) groups is 2. The van der Waals surface area contributed by atoms with E-state index >= 15 is 0 Å². The second-order valence-corrected chi connectivity index (χ2v) is 10.6. The van der Waals surface area contributed by atoms with Crippen molar-refractivity contribution in [1.82, 2.24) is 9.62 Å². The predicted octanol–water partition coefficient (Wildman–Crippen LogP) is 3.63. The van der Waals surface area contributed by atoms with Crippen molar-refractivity contribution in [2.45, 2.75) is 49.8 Å². The minimum Gasteiger partial charge on any atom is -0.465 e. The summed E-state index contributed by atoms with van der Waals surface area (Å²) in [6.45, 7) is 1.34. The summed E-state index contributed by atoms with van der Waals surface area (Å²) in [6, 6.07) is 15.9. The van der Waals surface area contributed by atoms with Gasteiger partial charge in [0.2, 0.25) is 15.9 Å². The van der Waals surface area contributed by atoms with Gasteiger partial charge in [-0.25, -0.2) is 8.42 Å². The second-order valence-electron chi connectivity index (χ2n) is 8.30. The fourth-order valence-electron chi connectivity index (χ4n) is 3.71. The van der Waals surface area contributed by atoms with E-state index in [4.69, 9.17) is 17.0 Å². The molecular weight excluding hydrogens is 486 g/mol. The number of rotatable bonds is 9. The minimum atomic E-state index is -3.53. The maximum absolute atomic E-state index is 12.9. The number of sulfonamides is 1. The molecule has 35 heavy (non-hydrogen) atoms. The fourth-order valence-corrected chi connectivity index (χ4v) is 5.46. The Morgan fingerprint density at radius 1 is 0.914 bits per heavy atom. The Balaban J connectivity index is 1.39. The molecule has 1 heterocycles. The molecule has 0 aliphatic carbocycles. The first-order valence-corrected chi connectivity index (χ1v) is 13.6. The molecule has 0 aromatic heterocycles. The Kier molecular flexibility index (Phi) is 10.2. The van der Waals surface area contributed by atoms with Gasteiger partial charge in [0.15, 0.2) is 5.11 Å². The maximum atomic E-state index is 12.9. The number of nitrogens with one attached hydrogen (secondary N) is 2. The Bertz CT molecular complexity index is 1100. The van der Waals surface area contributed by atoms with Crippen molar-refractivity contribution < 1.29 is 22.7 Å². The lowest BCUT2D eigenvalue weighted by molar-refractivity contribution is -0.144. The van der Waals surface area contributed by atoms with Crippen LogP contribution in [0.5, 0.6) is 0 Å². The van der Waals surface area contributed by atoms with Crippen molar-refractivity contribution in [1.29, 1.82) is 0 Å². The smallest absolute Gasteiger partial charge is 0.306 e. The van der Waals surface area contributed by atoms with Crippen LogP contribution in [0.4, 0.5) is 5.69 Å². The molecule has 2 aromatic carbocycles. The van der Waals surface area contributed by atoms with Crippen LogP contribution in [0.3, 0.4) is 0 Å². The van der Waals surface area contributed by atoms with E-state index in [2.05, 4.69) is 10.6 Å². The highest BCUT2D eigenvalue weighted by atomic mass is 32.2. The largest absolute Gasteiger partial charge is 0.465 e. The van der Waals surface area contributed by atoms with E-state index in [1.165, 1.54) is 12.1 Å². The standard InChI is InChI=1S/C25H31N3O5S2/c29-23(14-15-24(30)33-19-16-20-8-4-3-5-9-20)27-25(34)26-21-10-12-22(13-11-21)35(31,32)28-17-6-1-2-7-18-28/h3-5,8-13H,1-2,6-7,14-19H2,(H2,26,27,29,34). The molecule has 0 radical (unpaired) electrons. The van der Waals surface area contributed by atoms with Crippen molar-refractivity contribution in [2.24, 2.45) is 0 Å². The lowest BCUT2D eigenvalue weighted by atomic mass is 10.2. The molecule has 0 atom stereocenters. The number of esters is 1. The number of hydrogen-bond acceptors (Lipinski definition) is 6. The Morgan fingerprint density at radius 2 is 1.57 bits per heavy atom. The number of nitrogens with zero attached hydrogens (tertiary/aromatic N) is 1. The van der Waals surface area contributed by atoms with E-state index in [1.807, 2.05) is 30.3 Å².